The summed E-state index contributed by atoms with van der Waals surface area (Å²) < 4.78 is 45.5. The van der Waals surface area contributed by atoms with E-state index in [1.807, 2.05) is 13.8 Å². The second kappa shape index (κ2) is 3.53. The van der Waals surface area contributed by atoms with E-state index in [9.17, 15) is 0 Å². The highest BCUT2D eigenvalue weighted by atomic mass is 14.2. The Morgan fingerprint density at radius 1 is 1.15 bits per heavy atom. The summed E-state index contributed by atoms with van der Waals surface area (Å²) in [4.78, 5) is 0. The molecule has 0 saturated heterocycles. The van der Waals surface area contributed by atoms with E-state index >= 15 is 0 Å². The van der Waals surface area contributed by atoms with Gasteiger partial charge in [0.25, 0.3) is 0 Å². The van der Waals surface area contributed by atoms with Crippen LogP contribution in [0.4, 0.5) is 0 Å². The van der Waals surface area contributed by atoms with E-state index < -0.39 is 19.1 Å². The third kappa shape index (κ3) is 2.58. The van der Waals surface area contributed by atoms with Crippen LogP contribution in [0.15, 0.2) is 24.3 Å². The van der Waals surface area contributed by atoms with Gasteiger partial charge in [-0.25, -0.2) is 0 Å². The van der Waals surface area contributed by atoms with Crippen LogP contribution in [0.1, 0.15) is 59.7 Å². The van der Waals surface area contributed by atoms with Gasteiger partial charge in [0.2, 0.25) is 0 Å². The first-order valence-electron chi connectivity index (χ1n) is 7.51. The summed E-state index contributed by atoms with van der Waals surface area (Å²) in [6.07, 6.45) is 0. The Balaban J connectivity index is 3.36. The van der Waals surface area contributed by atoms with Crippen LogP contribution in [0.3, 0.4) is 0 Å². The molecule has 1 rings (SSSR count). The van der Waals surface area contributed by atoms with Gasteiger partial charge in [0, 0.05) is 8.22 Å². The van der Waals surface area contributed by atoms with Crippen LogP contribution in [-0.2, 0) is 5.41 Å². The van der Waals surface area contributed by atoms with Gasteiger partial charge in [0.05, 0.1) is 0 Å². The van der Waals surface area contributed by atoms with Gasteiger partial charge < -0.3 is 0 Å². The molecule has 1 aromatic carbocycles. The Bertz CT molecular complexity index is 410. The van der Waals surface area contributed by atoms with Crippen LogP contribution < -0.4 is 0 Å². The van der Waals surface area contributed by atoms with E-state index in [2.05, 4.69) is 0 Å². The van der Waals surface area contributed by atoms with Crippen molar-refractivity contribution in [3.05, 3.63) is 35.4 Å². The molecule has 0 nitrogen and oxygen atoms in total. The lowest BCUT2D eigenvalue weighted by Gasteiger charge is -2.19. The minimum atomic E-state index is -2.59. The van der Waals surface area contributed by atoms with Gasteiger partial charge in [-0.05, 0) is 22.5 Å². The lowest BCUT2D eigenvalue weighted by atomic mass is 9.86. The molecule has 1 aromatic rings. The summed E-state index contributed by atoms with van der Waals surface area (Å²) >= 11 is 0. The molecule has 13 heavy (non-hydrogen) atoms. The van der Waals surface area contributed by atoms with Crippen molar-refractivity contribution >= 4 is 0 Å². The van der Waals surface area contributed by atoms with Gasteiger partial charge in [0.1, 0.15) is 0 Å². The lowest BCUT2D eigenvalue weighted by Crippen LogP contribution is -2.10. The molecule has 0 fully saturated rings. The summed E-state index contributed by atoms with van der Waals surface area (Å²) in [5, 5.41) is 0. The molecule has 0 unspecified atom stereocenters. The van der Waals surface area contributed by atoms with Crippen LogP contribution in [0.2, 0.25) is 0 Å². The Hall–Kier alpha value is -0.780. The fourth-order valence-corrected chi connectivity index (χ4v) is 1.20. The molecule has 0 radical (unpaired) electrons. The first kappa shape index (κ1) is 4.63. The average Bonchev–Trinajstić information content (AvgIpc) is 2.25. The van der Waals surface area contributed by atoms with Crippen molar-refractivity contribution in [1.82, 2.24) is 0 Å². The van der Waals surface area contributed by atoms with Gasteiger partial charge in [-0.3, -0.25) is 0 Å². The van der Waals surface area contributed by atoms with Crippen molar-refractivity contribution in [3.8, 4) is 0 Å². The fraction of sp³-hybridized carbons (Fsp3) is 0.538. The van der Waals surface area contributed by atoms with Gasteiger partial charge in [-0.1, -0.05) is 58.7 Å². The smallest absolute Gasteiger partial charge is 0.0239 e. The first-order valence-corrected chi connectivity index (χ1v) is 4.51. The second-order valence-electron chi connectivity index (χ2n) is 3.90. The summed E-state index contributed by atoms with van der Waals surface area (Å²) in [6, 6.07) is 6.84. The maximum Gasteiger partial charge on any atom is 0.0239 e. The summed E-state index contributed by atoms with van der Waals surface area (Å²) in [5.41, 5.74) is -0.464. The van der Waals surface area contributed by atoms with E-state index in [1.54, 1.807) is 24.3 Å². The van der Waals surface area contributed by atoms with Crippen molar-refractivity contribution < 1.29 is 8.22 Å². The maximum absolute atomic E-state index is 7.59. The molecule has 0 aliphatic carbocycles. The summed E-state index contributed by atoms with van der Waals surface area (Å²) in [6.45, 7) is 0.177. The van der Waals surface area contributed by atoms with Gasteiger partial charge in [-0.15, -0.1) is 0 Å². The maximum atomic E-state index is 7.59. The quantitative estimate of drug-likeness (QED) is 0.613. The van der Waals surface area contributed by atoms with Crippen LogP contribution in [-0.4, -0.2) is 0 Å². The molecule has 0 spiro atoms. The molecule has 0 amide bonds. The molecule has 0 heterocycles. The molecule has 0 aromatic heterocycles. The van der Waals surface area contributed by atoms with E-state index in [4.69, 9.17) is 8.22 Å². The zero-order chi connectivity index (χ0) is 15.1. The number of hydrogen-bond acceptors (Lipinski definition) is 0. The van der Waals surface area contributed by atoms with E-state index in [1.165, 1.54) is 6.92 Å². The molecule has 0 aliphatic rings. The Morgan fingerprint density at radius 2 is 1.69 bits per heavy atom. The van der Waals surface area contributed by atoms with Crippen LogP contribution >= 0.6 is 0 Å². The fourth-order valence-electron chi connectivity index (χ4n) is 1.20. The number of hydrogen-bond donors (Lipinski definition) is 0. The Kier molecular flexibility index (Phi) is 1.26. The Labute approximate surface area is 90.4 Å². The third-order valence-electron chi connectivity index (χ3n) is 2.15. The van der Waals surface area contributed by atoms with Crippen molar-refractivity contribution in [1.29, 1.82) is 0 Å². The highest BCUT2D eigenvalue weighted by Gasteiger charge is 2.12. The summed E-state index contributed by atoms with van der Waals surface area (Å²) in [7, 11) is 0. The molecular weight excluding hydrogens is 156 g/mol. The largest absolute Gasteiger partial charge is 0.0587 e. The predicted octanol–water partition coefficient (Wildman–Crippen LogP) is 4.11. The van der Waals surface area contributed by atoms with Crippen molar-refractivity contribution in [2.24, 2.45) is 0 Å². The summed E-state index contributed by atoms with van der Waals surface area (Å²) in [5.74, 6) is 0.320. The van der Waals surface area contributed by atoms with Gasteiger partial charge >= 0.3 is 0 Å². The van der Waals surface area contributed by atoms with E-state index in [0.717, 1.165) is 5.56 Å². The Morgan fingerprint density at radius 3 is 2.08 bits per heavy atom. The second-order valence-corrected chi connectivity index (χ2v) is 3.90. The highest BCUT2D eigenvalue weighted by molar-refractivity contribution is 5.28. The molecular formula is C13H20. The van der Waals surface area contributed by atoms with Gasteiger partial charge in [-0.2, -0.15) is 0 Å². The number of rotatable bonds is 1. The zero-order valence-corrected chi connectivity index (χ0v) is 8.39. The zero-order valence-electron chi connectivity index (χ0n) is 14.4. The van der Waals surface area contributed by atoms with Crippen LogP contribution in [0, 0.1) is 0 Å². The molecule has 0 aliphatic heterocycles. The van der Waals surface area contributed by atoms with Crippen molar-refractivity contribution in [2.75, 3.05) is 0 Å². The minimum Gasteiger partial charge on any atom is -0.0587 e. The molecule has 0 N–H and O–H groups in total. The molecule has 72 valence electrons. The average molecular weight is 182 g/mol. The monoisotopic (exact) mass is 182 g/mol. The van der Waals surface area contributed by atoms with Gasteiger partial charge in [0.15, 0.2) is 0 Å². The predicted molar refractivity (Wildman–Crippen MR) is 59.2 cm³/mol. The number of benzene rings is 1. The standard InChI is InChI=1S/C13H20/c1-10(2)11-6-8-12(9-7-11)13(3,4)5/h6-10H,1-5H3/i3D3,4D3. The lowest BCUT2D eigenvalue weighted by molar-refractivity contribution is 0.589. The van der Waals surface area contributed by atoms with Crippen molar-refractivity contribution in [3.63, 3.8) is 0 Å². The van der Waals surface area contributed by atoms with Crippen molar-refractivity contribution in [2.45, 2.75) is 45.8 Å². The topological polar surface area (TPSA) is 0 Å². The van der Waals surface area contributed by atoms with E-state index in [0.29, 0.717) is 11.5 Å². The molecule has 0 heteroatoms. The molecule has 0 atom stereocenters. The minimum absolute atomic E-state index is 0.320. The SMILES string of the molecule is [2H]C([2H])([2H])C(C)(c1ccc(C(C)C)cc1)C([2H])([2H])[2H]. The molecule has 0 saturated carbocycles. The highest BCUT2D eigenvalue weighted by Crippen LogP contribution is 2.24. The first-order chi connectivity index (χ1) is 8.41. The van der Waals surface area contributed by atoms with Crippen LogP contribution in [0.5, 0.6) is 0 Å². The van der Waals surface area contributed by atoms with E-state index in [-0.39, 0.29) is 0 Å². The third-order valence-corrected chi connectivity index (χ3v) is 2.15. The van der Waals surface area contributed by atoms with Crippen LogP contribution in [0.25, 0.3) is 0 Å². The molecule has 0 bridgehead atoms. The normalized spacial score (nSPS) is 20.9.